The van der Waals surface area contributed by atoms with Gasteiger partial charge in [-0.2, -0.15) is 0 Å². The molecular formula is C17H23ClN2O. The average molecular weight is 307 g/mol. The van der Waals surface area contributed by atoms with E-state index >= 15 is 0 Å². The van der Waals surface area contributed by atoms with E-state index in [2.05, 4.69) is 23.6 Å². The van der Waals surface area contributed by atoms with Crippen molar-refractivity contribution in [2.45, 2.75) is 46.1 Å². The molecule has 4 heteroatoms. The summed E-state index contributed by atoms with van der Waals surface area (Å²) in [6, 6.07) is 6.20. The summed E-state index contributed by atoms with van der Waals surface area (Å²) < 4.78 is 8.09. The smallest absolute Gasteiger partial charge is 0.147 e. The summed E-state index contributed by atoms with van der Waals surface area (Å²) in [5.74, 6) is 2.56. The maximum atomic E-state index is 5.97. The minimum Gasteiger partial charge on any atom is -0.492 e. The van der Waals surface area contributed by atoms with Gasteiger partial charge in [0.1, 0.15) is 17.1 Å². The van der Waals surface area contributed by atoms with Crippen LogP contribution in [0.3, 0.4) is 0 Å². The van der Waals surface area contributed by atoms with E-state index in [9.17, 15) is 0 Å². The zero-order valence-electron chi connectivity index (χ0n) is 12.9. The summed E-state index contributed by atoms with van der Waals surface area (Å²) >= 11 is 5.97. The number of halogens is 1. The maximum Gasteiger partial charge on any atom is 0.147 e. The number of hydrogen-bond donors (Lipinski definition) is 0. The lowest BCUT2D eigenvalue weighted by Crippen LogP contribution is -2.31. The van der Waals surface area contributed by atoms with Crippen LogP contribution in [0.15, 0.2) is 18.2 Å². The lowest BCUT2D eigenvalue weighted by molar-refractivity contribution is 0.132. The van der Waals surface area contributed by atoms with E-state index < -0.39 is 0 Å². The Kier molecular flexibility index (Phi) is 4.12. The third-order valence-electron chi connectivity index (χ3n) is 4.54. The second-order valence-corrected chi connectivity index (χ2v) is 6.65. The number of benzene rings is 1. The number of fused-ring (bicyclic) bond motifs is 1. The Hall–Kier alpha value is -1.22. The first-order valence-electron chi connectivity index (χ1n) is 7.84. The highest BCUT2D eigenvalue weighted by molar-refractivity contribution is 6.17. The fourth-order valence-corrected chi connectivity index (χ4v) is 3.38. The van der Waals surface area contributed by atoms with Crippen LogP contribution in [0, 0.1) is 5.41 Å². The first kappa shape index (κ1) is 14.7. The molecule has 1 aliphatic carbocycles. The van der Waals surface area contributed by atoms with Gasteiger partial charge in [0.15, 0.2) is 0 Å². The Labute approximate surface area is 131 Å². The number of aromatic nitrogens is 2. The summed E-state index contributed by atoms with van der Waals surface area (Å²) in [5, 5.41) is 0. The van der Waals surface area contributed by atoms with E-state index in [-0.39, 0.29) is 0 Å². The van der Waals surface area contributed by atoms with E-state index in [1.165, 1.54) is 24.8 Å². The van der Waals surface area contributed by atoms with Gasteiger partial charge in [-0.1, -0.05) is 19.4 Å². The van der Waals surface area contributed by atoms with Gasteiger partial charge < -0.3 is 9.30 Å². The Morgan fingerprint density at radius 3 is 2.81 bits per heavy atom. The summed E-state index contributed by atoms with van der Waals surface area (Å²) in [7, 11) is 0. The standard InChI is InChI=1S/C17H23ClN2O/c1-3-21-14-7-4-6-13-16(14)19-15(8-11-18)20(13)12-17(2)9-5-10-17/h4,6-7H,3,5,8-12H2,1-2H3. The van der Waals surface area contributed by atoms with Gasteiger partial charge >= 0.3 is 0 Å². The SMILES string of the molecule is CCOc1cccc2c1nc(CCCl)n2CC1(C)CCC1. The normalized spacial score (nSPS) is 16.9. The van der Waals surface area contributed by atoms with Gasteiger partial charge in [0, 0.05) is 18.8 Å². The fraction of sp³-hybridized carbons (Fsp3) is 0.588. The van der Waals surface area contributed by atoms with Crippen molar-refractivity contribution in [3.63, 3.8) is 0 Å². The van der Waals surface area contributed by atoms with Crippen molar-refractivity contribution in [2.75, 3.05) is 12.5 Å². The molecule has 3 rings (SSSR count). The van der Waals surface area contributed by atoms with Crippen LogP contribution in [-0.2, 0) is 13.0 Å². The average Bonchev–Trinajstić information content (AvgIpc) is 2.77. The minimum atomic E-state index is 0.413. The Bertz CT molecular complexity index is 631. The predicted molar refractivity (Wildman–Crippen MR) is 87.3 cm³/mol. The van der Waals surface area contributed by atoms with Gasteiger partial charge in [-0.25, -0.2) is 4.98 Å². The molecule has 1 saturated carbocycles. The number of hydrogen-bond acceptors (Lipinski definition) is 2. The Morgan fingerprint density at radius 2 is 2.19 bits per heavy atom. The number of aryl methyl sites for hydroxylation is 1. The molecule has 1 fully saturated rings. The number of rotatable bonds is 6. The zero-order valence-corrected chi connectivity index (χ0v) is 13.6. The second kappa shape index (κ2) is 5.88. The lowest BCUT2D eigenvalue weighted by Gasteiger charge is -2.39. The summed E-state index contributed by atoms with van der Waals surface area (Å²) in [4.78, 5) is 4.82. The molecule has 1 heterocycles. The molecule has 0 bridgehead atoms. The molecule has 0 atom stereocenters. The molecule has 0 amide bonds. The van der Waals surface area contributed by atoms with E-state index in [1.54, 1.807) is 0 Å². The van der Waals surface area contributed by atoms with Gasteiger partial charge in [0.05, 0.1) is 12.1 Å². The van der Waals surface area contributed by atoms with Gasteiger partial charge in [0.25, 0.3) is 0 Å². The van der Waals surface area contributed by atoms with Crippen molar-refractivity contribution < 1.29 is 4.74 Å². The van der Waals surface area contributed by atoms with Gasteiger partial charge in [0.2, 0.25) is 0 Å². The number of alkyl halides is 1. The van der Waals surface area contributed by atoms with Gasteiger partial charge in [-0.15, -0.1) is 11.6 Å². The van der Waals surface area contributed by atoms with E-state index in [0.717, 1.165) is 30.1 Å². The van der Waals surface area contributed by atoms with Crippen molar-refractivity contribution in [1.82, 2.24) is 9.55 Å². The largest absolute Gasteiger partial charge is 0.492 e. The predicted octanol–water partition coefficient (Wildman–Crippen LogP) is 4.41. The monoisotopic (exact) mass is 306 g/mol. The molecule has 1 aromatic carbocycles. The molecule has 114 valence electrons. The van der Waals surface area contributed by atoms with Crippen LogP contribution in [0.5, 0.6) is 5.75 Å². The van der Waals surface area contributed by atoms with Crippen LogP contribution in [-0.4, -0.2) is 22.0 Å². The molecule has 3 nitrogen and oxygen atoms in total. The second-order valence-electron chi connectivity index (χ2n) is 6.27. The quantitative estimate of drug-likeness (QED) is 0.739. The van der Waals surface area contributed by atoms with Crippen LogP contribution >= 0.6 is 11.6 Å². The first-order chi connectivity index (χ1) is 10.2. The van der Waals surface area contributed by atoms with Crippen molar-refractivity contribution in [3.05, 3.63) is 24.0 Å². The van der Waals surface area contributed by atoms with Crippen LogP contribution in [0.4, 0.5) is 0 Å². The zero-order chi connectivity index (χ0) is 14.9. The lowest BCUT2D eigenvalue weighted by atomic mass is 9.70. The van der Waals surface area contributed by atoms with Crippen LogP contribution in [0.1, 0.15) is 38.9 Å². The molecule has 1 aromatic heterocycles. The van der Waals surface area contributed by atoms with Crippen molar-refractivity contribution in [2.24, 2.45) is 5.41 Å². The van der Waals surface area contributed by atoms with Crippen molar-refractivity contribution >= 4 is 22.6 Å². The third-order valence-corrected chi connectivity index (χ3v) is 4.73. The van der Waals surface area contributed by atoms with Gasteiger partial charge in [-0.05, 0) is 37.3 Å². The summed E-state index contributed by atoms with van der Waals surface area (Å²) in [6.45, 7) is 6.07. The number of para-hydroxylation sites is 1. The summed E-state index contributed by atoms with van der Waals surface area (Å²) in [6.07, 6.45) is 4.76. The molecule has 0 N–H and O–H groups in total. The van der Waals surface area contributed by atoms with Crippen molar-refractivity contribution in [3.8, 4) is 5.75 Å². The van der Waals surface area contributed by atoms with Crippen LogP contribution in [0.25, 0.3) is 11.0 Å². The Morgan fingerprint density at radius 1 is 1.38 bits per heavy atom. The van der Waals surface area contributed by atoms with Crippen molar-refractivity contribution in [1.29, 1.82) is 0 Å². The highest BCUT2D eigenvalue weighted by atomic mass is 35.5. The molecule has 0 radical (unpaired) electrons. The number of ether oxygens (including phenoxy) is 1. The van der Waals surface area contributed by atoms with E-state index in [4.69, 9.17) is 21.3 Å². The molecule has 0 unspecified atom stereocenters. The number of nitrogens with zero attached hydrogens (tertiary/aromatic N) is 2. The maximum absolute atomic E-state index is 5.97. The fourth-order valence-electron chi connectivity index (χ4n) is 3.21. The molecule has 0 spiro atoms. The van der Waals surface area contributed by atoms with Crippen LogP contribution in [0.2, 0.25) is 0 Å². The molecule has 0 aliphatic heterocycles. The molecule has 2 aromatic rings. The van der Waals surface area contributed by atoms with E-state index in [1.807, 2.05) is 13.0 Å². The molecule has 1 aliphatic rings. The van der Waals surface area contributed by atoms with E-state index in [0.29, 0.717) is 17.9 Å². The highest BCUT2D eigenvalue weighted by Gasteiger charge is 2.33. The minimum absolute atomic E-state index is 0.413. The summed E-state index contributed by atoms with van der Waals surface area (Å²) in [5.41, 5.74) is 2.56. The number of imidazole rings is 1. The molecular weight excluding hydrogens is 284 g/mol. The topological polar surface area (TPSA) is 27.1 Å². The van der Waals surface area contributed by atoms with Gasteiger partial charge in [-0.3, -0.25) is 0 Å². The highest BCUT2D eigenvalue weighted by Crippen LogP contribution is 2.43. The Balaban J connectivity index is 2.06. The third kappa shape index (κ3) is 2.76. The van der Waals surface area contributed by atoms with Crippen LogP contribution < -0.4 is 4.74 Å². The molecule has 21 heavy (non-hydrogen) atoms. The molecule has 0 saturated heterocycles. The first-order valence-corrected chi connectivity index (χ1v) is 8.37.